The maximum Gasteiger partial charge on any atom is 0.416 e. The van der Waals surface area contributed by atoms with Crippen LogP contribution in [0, 0.1) is 0 Å². The highest BCUT2D eigenvalue weighted by Gasteiger charge is 2.37. The molecule has 0 aliphatic carbocycles. The largest absolute Gasteiger partial charge is 0.507 e. The summed E-state index contributed by atoms with van der Waals surface area (Å²) in [4.78, 5) is 23.3. The molecule has 2 aromatic rings. The number of phenolic OH excluding ortho intramolecular Hbond substituents is 1. The predicted octanol–water partition coefficient (Wildman–Crippen LogP) is 4.64. The first kappa shape index (κ1) is 21.1. The van der Waals surface area contributed by atoms with Gasteiger partial charge in [-0.1, -0.05) is 0 Å². The van der Waals surface area contributed by atoms with Crippen molar-refractivity contribution in [3.63, 3.8) is 0 Å². The van der Waals surface area contributed by atoms with E-state index >= 15 is 0 Å². The van der Waals surface area contributed by atoms with E-state index < -0.39 is 52.3 Å². The molecule has 0 bridgehead atoms. The van der Waals surface area contributed by atoms with Gasteiger partial charge in [0, 0.05) is 18.3 Å². The second kappa shape index (κ2) is 7.41. The van der Waals surface area contributed by atoms with Crippen molar-refractivity contribution in [2.24, 2.45) is 0 Å². The fourth-order valence-electron chi connectivity index (χ4n) is 2.22. The topological polar surface area (TPSA) is 78.4 Å². The van der Waals surface area contributed by atoms with Gasteiger partial charge in [-0.3, -0.25) is 9.59 Å². The van der Waals surface area contributed by atoms with Crippen molar-refractivity contribution in [1.29, 1.82) is 0 Å². The second-order valence-corrected chi connectivity index (χ2v) is 5.66. The lowest BCUT2D eigenvalue weighted by atomic mass is 10.1. The first-order chi connectivity index (χ1) is 12.8. The number of hydrogen-bond acceptors (Lipinski definition) is 3. The van der Waals surface area contributed by atoms with E-state index in [0.717, 1.165) is 12.1 Å². The number of carbonyl (C=O) groups is 2. The van der Waals surface area contributed by atoms with Gasteiger partial charge in [-0.25, -0.2) is 0 Å². The zero-order valence-corrected chi connectivity index (χ0v) is 14.0. The van der Waals surface area contributed by atoms with Gasteiger partial charge in [0.15, 0.2) is 0 Å². The highest BCUT2D eigenvalue weighted by molar-refractivity contribution is 6.07. The number of anilines is 2. The van der Waals surface area contributed by atoms with Crippen molar-refractivity contribution in [1.82, 2.24) is 0 Å². The van der Waals surface area contributed by atoms with Gasteiger partial charge in [0.05, 0.1) is 16.7 Å². The van der Waals surface area contributed by atoms with E-state index in [2.05, 4.69) is 5.32 Å². The Morgan fingerprint density at radius 3 is 1.82 bits per heavy atom. The van der Waals surface area contributed by atoms with Crippen LogP contribution in [0.3, 0.4) is 0 Å². The summed E-state index contributed by atoms with van der Waals surface area (Å²) in [5.74, 6) is -2.25. The molecule has 0 radical (unpaired) electrons. The zero-order valence-electron chi connectivity index (χ0n) is 14.0. The Labute approximate surface area is 154 Å². The average Bonchev–Trinajstić information content (AvgIpc) is 2.54. The van der Waals surface area contributed by atoms with Crippen LogP contribution >= 0.6 is 0 Å². The van der Waals surface area contributed by atoms with Gasteiger partial charge in [0.2, 0.25) is 5.91 Å². The maximum atomic E-state index is 12.9. The van der Waals surface area contributed by atoms with Crippen molar-refractivity contribution in [3.8, 4) is 5.75 Å². The third kappa shape index (κ3) is 5.15. The molecule has 0 aliphatic rings. The monoisotopic (exact) mass is 406 g/mol. The van der Waals surface area contributed by atoms with Crippen LogP contribution in [-0.2, 0) is 17.1 Å². The Balaban J connectivity index is 2.42. The first-order valence-electron chi connectivity index (χ1n) is 7.49. The zero-order chi connectivity index (χ0) is 21.3. The summed E-state index contributed by atoms with van der Waals surface area (Å²) >= 11 is 0. The molecule has 0 heterocycles. The number of hydrogen-bond donors (Lipinski definition) is 3. The lowest BCUT2D eigenvalue weighted by Crippen LogP contribution is -2.16. The SMILES string of the molecule is CC(=O)Nc1ccc(O)c(C(=O)Nc2cc(C(F)(F)F)cc(C(F)(F)F)c2)c1. The Morgan fingerprint density at radius 1 is 0.821 bits per heavy atom. The molecule has 2 amide bonds. The quantitative estimate of drug-likeness (QED) is 0.513. The summed E-state index contributed by atoms with van der Waals surface area (Å²) in [6.07, 6.45) is -10.2. The highest BCUT2D eigenvalue weighted by Crippen LogP contribution is 2.37. The number of carbonyl (C=O) groups excluding carboxylic acids is 2. The van der Waals surface area contributed by atoms with E-state index in [4.69, 9.17) is 0 Å². The van der Waals surface area contributed by atoms with Crippen molar-refractivity contribution in [3.05, 3.63) is 53.1 Å². The van der Waals surface area contributed by atoms with Gasteiger partial charge in [-0.15, -0.1) is 0 Å². The van der Waals surface area contributed by atoms with Gasteiger partial charge in [0.1, 0.15) is 5.75 Å². The molecule has 0 atom stereocenters. The summed E-state index contributed by atoms with van der Waals surface area (Å²) in [5, 5.41) is 14.0. The van der Waals surface area contributed by atoms with Crippen molar-refractivity contribution in [2.45, 2.75) is 19.3 Å². The van der Waals surface area contributed by atoms with Crippen LogP contribution < -0.4 is 10.6 Å². The lowest BCUT2D eigenvalue weighted by Gasteiger charge is -2.15. The average molecular weight is 406 g/mol. The van der Waals surface area contributed by atoms with E-state index in [1.165, 1.54) is 13.0 Å². The highest BCUT2D eigenvalue weighted by atomic mass is 19.4. The molecule has 2 aromatic carbocycles. The molecule has 0 saturated carbocycles. The van der Waals surface area contributed by atoms with Crippen LogP contribution in [0.25, 0.3) is 0 Å². The van der Waals surface area contributed by atoms with Gasteiger partial charge in [-0.2, -0.15) is 26.3 Å². The standard InChI is InChI=1S/C17H12F6N2O3/c1-8(26)24-11-2-3-14(27)13(7-11)15(28)25-12-5-9(16(18,19)20)4-10(6-12)17(21,22)23/h2-7,27H,1H3,(H,24,26)(H,25,28). The van der Waals surface area contributed by atoms with Gasteiger partial charge < -0.3 is 15.7 Å². The molecule has 0 spiro atoms. The number of aromatic hydroxyl groups is 1. The van der Waals surface area contributed by atoms with Crippen LogP contribution in [0.2, 0.25) is 0 Å². The number of benzene rings is 2. The normalized spacial score (nSPS) is 11.8. The minimum absolute atomic E-state index is 0.0788. The third-order valence-electron chi connectivity index (χ3n) is 3.41. The summed E-state index contributed by atoms with van der Waals surface area (Å²) in [6.45, 7) is 1.17. The maximum absolute atomic E-state index is 12.9. The summed E-state index contributed by atoms with van der Waals surface area (Å²) in [7, 11) is 0. The molecule has 2 rings (SSSR count). The molecule has 0 aliphatic heterocycles. The number of rotatable bonds is 3. The Bertz CT molecular complexity index is 890. The van der Waals surface area contributed by atoms with E-state index in [-0.39, 0.29) is 11.8 Å². The summed E-state index contributed by atoms with van der Waals surface area (Å²) in [6, 6.07) is 3.89. The molecule has 0 saturated heterocycles. The fraction of sp³-hybridized carbons (Fsp3) is 0.176. The molecule has 3 N–H and O–H groups in total. The van der Waals surface area contributed by atoms with E-state index in [0.29, 0.717) is 12.1 Å². The molecular weight excluding hydrogens is 394 g/mol. The Morgan fingerprint density at radius 2 is 1.36 bits per heavy atom. The van der Waals surface area contributed by atoms with Gasteiger partial charge >= 0.3 is 12.4 Å². The molecule has 0 aromatic heterocycles. The number of phenols is 1. The van der Waals surface area contributed by atoms with Gasteiger partial charge in [-0.05, 0) is 36.4 Å². The number of alkyl halides is 6. The van der Waals surface area contributed by atoms with E-state index in [1.807, 2.05) is 5.32 Å². The van der Waals surface area contributed by atoms with E-state index in [1.54, 1.807) is 0 Å². The molecule has 11 heteroatoms. The van der Waals surface area contributed by atoms with Crippen LogP contribution in [0.1, 0.15) is 28.4 Å². The minimum Gasteiger partial charge on any atom is -0.507 e. The molecular formula is C17H12F6N2O3. The van der Waals surface area contributed by atoms with Crippen molar-refractivity contribution >= 4 is 23.2 Å². The lowest BCUT2D eigenvalue weighted by molar-refractivity contribution is -0.143. The number of halogens is 6. The molecule has 0 unspecified atom stereocenters. The molecule has 28 heavy (non-hydrogen) atoms. The predicted molar refractivity (Wildman–Crippen MR) is 86.8 cm³/mol. The Hall–Kier alpha value is -3.24. The van der Waals surface area contributed by atoms with Crippen LogP contribution in [0.15, 0.2) is 36.4 Å². The number of amides is 2. The molecule has 5 nitrogen and oxygen atoms in total. The molecule has 150 valence electrons. The van der Waals surface area contributed by atoms with Crippen LogP contribution in [0.5, 0.6) is 5.75 Å². The number of nitrogens with one attached hydrogen (secondary N) is 2. The van der Waals surface area contributed by atoms with Gasteiger partial charge in [0.25, 0.3) is 5.91 Å². The third-order valence-corrected chi connectivity index (χ3v) is 3.41. The molecule has 0 fully saturated rings. The summed E-state index contributed by atoms with van der Waals surface area (Å²) < 4.78 is 77.2. The first-order valence-corrected chi connectivity index (χ1v) is 7.49. The second-order valence-electron chi connectivity index (χ2n) is 5.66. The summed E-state index contributed by atoms with van der Waals surface area (Å²) in [5.41, 5.74) is -4.34. The van der Waals surface area contributed by atoms with Crippen molar-refractivity contribution < 1.29 is 41.0 Å². The van der Waals surface area contributed by atoms with Crippen LogP contribution in [0.4, 0.5) is 37.7 Å². The Kier molecular flexibility index (Phi) is 5.57. The smallest absolute Gasteiger partial charge is 0.416 e. The van der Waals surface area contributed by atoms with E-state index in [9.17, 15) is 41.0 Å². The minimum atomic E-state index is -5.08. The van der Waals surface area contributed by atoms with Crippen LogP contribution in [-0.4, -0.2) is 16.9 Å². The van der Waals surface area contributed by atoms with Crippen molar-refractivity contribution in [2.75, 3.05) is 10.6 Å². The fourth-order valence-corrected chi connectivity index (χ4v) is 2.22.